The molecule has 1 aromatic rings. The largest absolute Gasteiger partial charge is 0.377 e. The monoisotopic (exact) mass is 202 g/mol. The van der Waals surface area contributed by atoms with E-state index >= 15 is 0 Å². The Morgan fingerprint density at radius 2 is 2.23 bits per heavy atom. The fourth-order valence-corrected chi connectivity index (χ4v) is 1.08. The first-order valence-electron chi connectivity index (χ1n) is 4.25. The van der Waals surface area contributed by atoms with E-state index in [2.05, 4.69) is 0 Å². The van der Waals surface area contributed by atoms with Gasteiger partial charge in [-0.2, -0.15) is 0 Å². The predicted octanol–water partition coefficient (Wildman–Crippen LogP) is 3.41. The van der Waals surface area contributed by atoms with Crippen LogP contribution in [0.15, 0.2) is 18.2 Å². The van der Waals surface area contributed by atoms with Gasteiger partial charge in [0.05, 0.1) is 11.6 Å². The SMILES string of the molecule is CCCOCc1ccc(Cl)c(F)c1. The first-order valence-corrected chi connectivity index (χ1v) is 4.63. The van der Waals surface area contributed by atoms with Crippen LogP contribution >= 0.6 is 11.6 Å². The molecule has 0 fully saturated rings. The second-order valence-corrected chi connectivity index (χ2v) is 3.21. The number of ether oxygens (including phenoxy) is 1. The highest BCUT2D eigenvalue weighted by atomic mass is 35.5. The molecule has 0 unspecified atom stereocenters. The van der Waals surface area contributed by atoms with E-state index in [9.17, 15) is 4.39 Å². The van der Waals surface area contributed by atoms with Crippen molar-refractivity contribution >= 4 is 11.6 Å². The molecule has 1 aromatic carbocycles. The molecule has 13 heavy (non-hydrogen) atoms. The van der Waals surface area contributed by atoms with E-state index in [-0.39, 0.29) is 10.8 Å². The van der Waals surface area contributed by atoms with E-state index < -0.39 is 0 Å². The van der Waals surface area contributed by atoms with Gasteiger partial charge in [-0.1, -0.05) is 24.6 Å². The van der Waals surface area contributed by atoms with Crippen molar-refractivity contribution in [3.05, 3.63) is 34.6 Å². The van der Waals surface area contributed by atoms with E-state index in [1.54, 1.807) is 12.1 Å². The number of rotatable bonds is 4. The fraction of sp³-hybridized carbons (Fsp3) is 0.400. The summed E-state index contributed by atoms with van der Waals surface area (Å²) in [6.07, 6.45) is 0.968. The second-order valence-electron chi connectivity index (χ2n) is 2.80. The third kappa shape index (κ3) is 3.33. The molecule has 0 aliphatic carbocycles. The summed E-state index contributed by atoms with van der Waals surface area (Å²) in [5, 5.41) is 0.152. The molecule has 0 amide bonds. The molecule has 72 valence electrons. The van der Waals surface area contributed by atoms with Crippen molar-refractivity contribution in [2.75, 3.05) is 6.61 Å². The van der Waals surface area contributed by atoms with Crippen molar-refractivity contribution in [1.29, 1.82) is 0 Å². The highest BCUT2D eigenvalue weighted by molar-refractivity contribution is 6.30. The van der Waals surface area contributed by atoms with Gasteiger partial charge in [0, 0.05) is 6.61 Å². The quantitative estimate of drug-likeness (QED) is 0.680. The van der Waals surface area contributed by atoms with Crippen molar-refractivity contribution in [2.24, 2.45) is 0 Å². The lowest BCUT2D eigenvalue weighted by Crippen LogP contribution is -1.94. The van der Waals surface area contributed by atoms with Crippen LogP contribution in [0.3, 0.4) is 0 Å². The average Bonchev–Trinajstić information content (AvgIpc) is 2.12. The summed E-state index contributed by atoms with van der Waals surface area (Å²) in [6.45, 7) is 3.18. The minimum absolute atomic E-state index is 0.152. The number of benzene rings is 1. The minimum Gasteiger partial charge on any atom is -0.377 e. The molecular formula is C10H12ClFO. The lowest BCUT2D eigenvalue weighted by Gasteiger charge is -2.03. The summed E-state index contributed by atoms with van der Waals surface area (Å²) >= 11 is 5.53. The van der Waals surface area contributed by atoms with E-state index in [1.165, 1.54) is 6.07 Å². The van der Waals surface area contributed by atoms with E-state index in [1.807, 2.05) is 6.92 Å². The maximum Gasteiger partial charge on any atom is 0.142 e. The van der Waals surface area contributed by atoms with E-state index in [0.717, 1.165) is 12.0 Å². The predicted molar refractivity (Wildman–Crippen MR) is 51.4 cm³/mol. The smallest absolute Gasteiger partial charge is 0.142 e. The Kier molecular flexibility index (Phi) is 4.19. The maximum absolute atomic E-state index is 12.9. The third-order valence-corrected chi connectivity index (χ3v) is 1.91. The van der Waals surface area contributed by atoms with Crippen LogP contribution < -0.4 is 0 Å². The fourth-order valence-electron chi connectivity index (χ4n) is 0.964. The molecule has 0 aliphatic rings. The van der Waals surface area contributed by atoms with E-state index in [4.69, 9.17) is 16.3 Å². The lowest BCUT2D eigenvalue weighted by atomic mass is 10.2. The van der Waals surface area contributed by atoms with Crippen LogP contribution in [-0.4, -0.2) is 6.61 Å². The number of hydrogen-bond donors (Lipinski definition) is 0. The van der Waals surface area contributed by atoms with Crippen LogP contribution in [0.2, 0.25) is 5.02 Å². The van der Waals surface area contributed by atoms with Gasteiger partial charge in [-0.05, 0) is 24.1 Å². The zero-order valence-electron chi connectivity index (χ0n) is 7.52. The van der Waals surface area contributed by atoms with Crippen LogP contribution in [0.1, 0.15) is 18.9 Å². The minimum atomic E-state index is -0.390. The molecule has 0 atom stereocenters. The van der Waals surface area contributed by atoms with Gasteiger partial charge in [0.1, 0.15) is 5.82 Å². The molecule has 0 N–H and O–H groups in total. The first-order chi connectivity index (χ1) is 6.24. The average molecular weight is 203 g/mol. The summed E-state index contributed by atoms with van der Waals surface area (Å²) in [5.74, 6) is -0.390. The molecule has 0 saturated carbocycles. The zero-order chi connectivity index (χ0) is 9.68. The summed E-state index contributed by atoms with van der Waals surface area (Å²) in [6, 6.07) is 4.71. The normalized spacial score (nSPS) is 10.4. The topological polar surface area (TPSA) is 9.23 Å². The first kappa shape index (κ1) is 10.5. The Morgan fingerprint density at radius 3 is 2.85 bits per heavy atom. The molecule has 1 rings (SSSR count). The number of halogens is 2. The Balaban J connectivity index is 2.53. The van der Waals surface area contributed by atoms with Gasteiger partial charge in [0.2, 0.25) is 0 Å². The standard InChI is InChI=1S/C10H12ClFO/c1-2-5-13-7-8-3-4-9(11)10(12)6-8/h3-4,6H,2,5,7H2,1H3. The molecule has 0 spiro atoms. The second kappa shape index (κ2) is 5.20. The molecule has 3 heteroatoms. The molecule has 0 saturated heterocycles. The Morgan fingerprint density at radius 1 is 1.46 bits per heavy atom. The number of hydrogen-bond acceptors (Lipinski definition) is 1. The highest BCUT2D eigenvalue weighted by Gasteiger charge is 2.00. The van der Waals surface area contributed by atoms with Crippen LogP contribution in [0.4, 0.5) is 4.39 Å². The molecule has 0 aromatic heterocycles. The van der Waals surface area contributed by atoms with Crippen molar-refractivity contribution in [3.63, 3.8) is 0 Å². The Labute approximate surface area is 82.5 Å². The van der Waals surface area contributed by atoms with Crippen molar-refractivity contribution in [3.8, 4) is 0 Å². The third-order valence-electron chi connectivity index (χ3n) is 1.60. The zero-order valence-corrected chi connectivity index (χ0v) is 8.27. The van der Waals surface area contributed by atoms with Crippen LogP contribution in [-0.2, 0) is 11.3 Å². The van der Waals surface area contributed by atoms with Crippen molar-refractivity contribution in [2.45, 2.75) is 20.0 Å². The van der Waals surface area contributed by atoms with Gasteiger partial charge in [0.15, 0.2) is 0 Å². The van der Waals surface area contributed by atoms with Crippen LogP contribution in [0.5, 0.6) is 0 Å². The summed E-state index contributed by atoms with van der Waals surface area (Å²) < 4.78 is 18.2. The van der Waals surface area contributed by atoms with Gasteiger partial charge < -0.3 is 4.74 Å². The van der Waals surface area contributed by atoms with Crippen molar-refractivity contribution < 1.29 is 9.13 Å². The molecule has 0 radical (unpaired) electrons. The molecule has 1 nitrogen and oxygen atoms in total. The summed E-state index contributed by atoms with van der Waals surface area (Å²) in [5.41, 5.74) is 0.815. The molecule has 0 heterocycles. The Hall–Kier alpha value is -0.600. The van der Waals surface area contributed by atoms with Crippen LogP contribution in [0.25, 0.3) is 0 Å². The molecule has 0 bridgehead atoms. The lowest BCUT2D eigenvalue weighted by molar-refractivity contribution is 0.121. The van der Waals surface area contributed by atoms with Gasteiger partial charge >= 0.3 is 0 Å². The van der Waals surface area contributed by atoms with E-state index in [0.29, 0.717) is 13.2 Å². The van der Waals surface area contributed by atoms with Crippen molar-refractivity contribution in [1.82, 2.24) is 0 Å². The molecular weight excluding hydrogens is 191 g/mol. The van der Waals surface area contributed by atoms with Crippen LogP contribution in [0, 0.1) is 5.82 Å². The summed E-state index contributed by atoms with van der Waals surface area (Å²) in [4.78, 5) is 0. The molecule has 0 aliphatic heterocycles. The Bertz CT molecular complexity index is 276. The highest BCUT2D eigenvalue weighted by Crippen LogP contribution is 2.15. The maximum atomic E-state index is 12.9. The van der Waals surface area contributed by atoms with Gasteiger partial charge in [0.25, 0.3) is 0 Å². The van der Waals surface area contributed by atoms with Gasteiger partial charge in [-0.3, -0.25) is 0 Å². The van der Waals surface area contributed by atoms with Gasteiger partial charge in [-0.25, -0.2) is 4.39 Å². The summed E-state index contributed by atoms with van der Waals surface area (Å²) in [7, 11) is 0. The van der Waals surface area contributed by atoms with Gasteiger partial charge in [-0.15, -0.1) is 0 Å².